The molecule has 0 fully saturated rings. The van der Waals surface area contributed by atoms with E-state index >= 15 is 0 Å². The molecular formula is C20H21N3O5. The van der Waals surface area contributed by atoms with Gasteiger partial charge in [-0.1, -0.05) is 25.5 Å². The van der Waals surface area contributed by atoms with Gasteiger partial charge in [0.15, 0.2) is 0 Å². The Morgan fingerprint density at radius 2 is 2.07 bits per heavy atom. The molecule has 0 bridgehead atoms. The highest BCUT2D eigenvalue weighted by Crippen LogP contribution is 2.15. The number of amides is 2. The first-order valence-corrected chi connectivity index (χ1v) is 8.76. The summed E-state index contributed by atoms with van der Waals surface area (Å²) < 4.78 is 5.11. The number of benzene rings is 1. The van der Waals surface area contributed by atoms with E-state index < -0.39 is 16.7 Å². The molecule has 8 heteroatoms. The number of non-ortho nitro benzene ring substituents is 1. The first-order chi connectivity index (χ1) is 13.5. The number of nitro groups is 1. The second-order valence-corrected chi connectivity index (χ2v) is 5.86. The molecule has 146 valence electrons. The van der Waals surface area contributed by atoms with Crippen LogP contribution < -0.4 is 10.6 Å². The van der Waals surface area contributed by atoms with Crippen molar-refractivity contribution in [2.75, 3.05) is 6.54 Å². The van der Waals surface area contributed by atoms with Crippen LogP contribution in [-0.4, -0.2) is 23.3 Å². The summed E-state index contributed by atoms with van der Waals surface area (Å²) in [6.07, 6.45) is 7.28. The largest absolute Gasteiger partial charge is 0.465 e. The molecule has 0 unspecified atom stereocenters. The molecule has 2 N–H and O–H groups in total. The zero-order valence-electron chi connectivity index (χ0n) is 15.4. The summed E-state index contributed by atoms with van der Waals surface area (Å²) >= 11 is 0. The molecule has 2 amide bonds. The van der Waals surface area contributed by atoms with Gasteiger partial charge in [0.25, 0.3) is 11.6 Å². The van der Waals surface area contributed by atoms with Crippen molar-refractivity contribution in [2.24, 2.45) is 0 Å². The molecule has 0 aliphatic carbocycles. The van der Waals surface area contributed by atoms with E-state index in [0.29, 0.717) is 17.9 Å². The molecule has 2 aromatic rings. The van der Waals surface area contributed by atoms with E-state index in [2.05, 4.69) is 10.6 Å². The number of carbonyl (C=O) groups excluding carboxylic acids is 2. The number of hydrogen-bond donors (Lipinski definition) is 2. The van der Waals surface area contributed by atoms with Crippen LogP contribution in [0.15, 0.2) is 58.9 Å². The monoisotopic (exact) mass is 383 g/mol. The van der Waals surface area contributed by atoms with Crippen LogP contribution in [0.2, 0.25) is 0 Å². The number of unbranched alkanes of at least 4 members (excludes halogenated alkanes) is 1. The SMILES string of the molecule is CCCCNC(=O)/C(=C/c1cccc([N+](=O)[O-])c1)NC(=O)/C=C/c1ccco1. The highest BCUT2D eigenvalue weighted by atomic mass is 16.6. The lowest BCUT2D eigenvalue weighted by molar-refractivity contribution is -0.384. The predicted octanol–water partition coefficient (Wildman–Crippen LogP) is 3.27. The summed E-state index contributed by atoms with van der Waals surface area (Å²) in [5, 5.41) is 16.2. The maximum atomic E-state index is 12.4. The number of rotatable bonds is 9. The molecule has 0 saturated carbocycles. The van der Waals surface area contributed by atoms with Gasteiger partial charge in [-0.3, -0.25) is 19.7 Å². The van der Waals surface area contributed by atoms with Crippen LogP contribution in [0.5, 0.6) is 0 Å². The van der Waals surface area contributed by atoms with Gasteiger partial charge in [0.1, 0.15) is 11.5 Å². The van der Waals surface area contributed by atoms with Crippen LogP contribution in [0, 0.1) is 10.1 Å². The summed E-state index contributed by atoms with van der Waals surface area (Å²) in [5.74, 6) is -0.509. The highest BCUT2D eigenvalue weighted by molar-refractivity contribution is 6.04. The summed E-state index contributed by atoms with van der Waals surface area (Å²) in [6, 6.07) is 9.16. The van der Waals surface area contributed by atoms with E-state index in [1.54, 1.807) is 18.2 Å². The van der Waals surface area contributed by atoms with E-state index in [1.165, 1.54) is 42.7 Å². The third-order valence-electron chi connectivity index (χ3n) is 3.65. The normalized spacial score (nSPS) is 11.4. The first-order valence-electron chi connectivity index (χ1n) is 8.76. The fourth-order valence-electron chi connectivity index (χ4n) is 2.25. The number of furan rings is 1. The molecule has 2 rings (SSSR count). The summed E-state index contributed by atoms with van der Waals surface area (Å²) in [5.41, 5.74) is 0.305. The fourth-order valence-corrected chi connectivity index (χ4v) is 2.25. The van der Waals surface area contributed by atoms with Crippen molar-refractivity contribution in [3.63, 3.8) is 0 Å². The van der Waals surface area contributed by atoms with Gasteiger partial charge in [-0.05, 0) is 36.3 Å². The van der Waals surface area contributed by atoms with E-state index in [-0.39, 0.29) is 11.4 Å². The number of nitro benzene ring substituents is 1. The van der Waals surface area contributed by atoms with Crippen LogP contribution in [0.4, 0.5) is 5.69 Å². The third-order valence-corrected chi connectivity index (χ3v) is 3.65. The average Bonchev–Trinajstić information content (AvgIpc) is 3.20. The molecule has 1 aromatic heterocycles. The third kappa shape index (κ3) is 6.56. The van der Waals surface area contributed by atoms with Gasteiger partial charge < -0.3 is 15.1 Å². The smallest absolute Gasteiger partial charge is 0.270 e. The average molecular weight is 383 g/mol. The van der Waals surface area contributed by atoms with E-state index in [1.807, 2.05) is 6.92 Å². The van der Waals surface area contributed by atoms with Crippen molar-refractivity contribution in [1.29, 1.82) is 0 Å². The zero-order valence-corrected chi connectivity index (χ0v) is 15.4. The summed E-state index contributed by atoms with van der Waals surface area (Å²) in [7, 11) is 0. The lowest BCUT2D eigenvalue weighted by atomic mass is 10.1. The Morgan fingerprint density at radius 3 is 2.75 bits per heavy atom. The van der Waals surface area contributed by atoms with Crippen LogP contribution >= 0.6 is 0 Å². The lowest BCUT2D eigenvalue weighted by Crippen LogP contribution is -2.34. The minimum atomic E-state index is -0.529. The van der Waals surface area contributed by atoms with Crippen molar-refractivity contribution in [3.05, 3.63) is 75.9 Å². The van der Waals surface area contributed by atoms with Gasteiger partial charge in [-0.2, -0.15) is 0 Å². The fraction of sp³-hybridized carbons (Fsp3) is 0.200. The highest BCUT2D eigenvalue weighted by Gasteiger charge is 2.13. The molecular weight excluding hydrogens is 362 g/mol. The Morgan fingerprint density at radius 1 is 1.25 bits per heavy atom. The maximum Gasteiger partial charge on any atom is 0.270 e. The van der Waals surface area contributed by atoms with Gasteiger partial charge in [-0.25, -0.2) is 0 Å². The maximum absolute atomic E-state index is 12.4. The van der Waals surface area contributed by atoms with Crippen molar-refractivity contribution >= 4 is 29.7 Å². The van der Waals surface area contributed by atoms with Gasteiger partial charge >= 0.3 is 0 Å². The van der Waals surface area contributed by atoms with Crippen molar-refractivity contribution in [1.82, 2.24) is 10.6 Å². The van der Waals surface area contributed by atoms with Crippen molar-refractivity contribution in [3.8, 4) is 0 Å². The quantitative estimate of drug-likeness (QED) is 0.298. The van der Waals surface area contributed by atoms with E-state index in [9.17, 15) is 19.7 Å². The number of hydrogen-bond acceptors (Lipinski definition) is 5. The molecule has 0 saturated heterocycles. The second kappa shape index (κ2) is 10.5. The van der Waals surface area contributed by atoms with Crippen molar-refractivity contribution in [2.45, 2.75) is 19.8 Å². The number of nitrogens with zero attached hydrogens (tertiary/aromatic N) is 1. The molecule has 8 nitrogen and oxygen atoms in total. The molecule has 0 spiro atoms. The second-order valence-electron chi connectivity index (χ2n) is 5.86. The standard InChI is InChI=1S/C20H21N3O5/c1-2-3-11-21-20(25)18(14-15-6-4-7-16(13-15)23(26)27)22-19(24)10-9-17-8-5-12-28-17/h4-10,12-14H,2-3,11H2,1H3,(H,21,25)(H,22,24)/b10-9+,18-14-. The molecule has 1 heterocycles. The van der Waals surface area contributed by atoms with Crippen LogP contribution in [-0.2, 0) is 9.59 Å². The van der Waals surface area contributed by atoms with Gasteiger partial charge in [0, 0.05) is 24.8 Å². The van der Waals surface area contributed by atoms with Gasteiger partial charge in [0.2, 0.25) is 5.91 Å². The van der Waals surface area contributed by atoms with Crippen molar-refractivity contribution < 1.29 is 18.9 Å². The Bertz CT molecular complexity index is 885. The van der Waals surface area contributed by atoms with Gasteiger partial charge in [-0.15, -0.1) is 0 Å². The van der Waals surface area contributed by atoms with E-state index in [0.717, 1.165) is 12.8 Å². The molecule has 0 aliphatic heterocycles. The molecule has 0 radical (unpaired) electrons. The lowest BCUT2D eigenvalue weighted by Gasteiger charge is -2.09. The Balaban J connectivity index is 2.20. The van der Waals surface area contributed by atoms with Gasteiger partial charge in [0.05, 0.1) is 11.2 Å². The minimum Gasteiger partial charge on any atom is -0.465 e. The molecule has 1 aromatic carbocycles. The molecule has 0 aliphatic rings. The summed E-state index contributed by atoms with van der Waals surface area (Å²) in [4.78, 5) is 35.0. The predicted molar refractivity (Wildman–Crippen MR) is 105 cm³/mol. The topological polar surface area (TPSA) is 114 Å². The Kier molecular flexibility index (Phi) is 7.71. The van der Waals surface area contributed by atoms with Crippen LogP contribution in [0.3, 0.4) is 0 Å². The Labute approximate surface area is 162 Å². The van der Waals surface area contributed by atoms with Crippen LogP contribution in [0.1, 0.15) is 31.1 Å². The molecule has 28 heavy (non-hydrogen) atoms. The summed E-state index contributed by atoms with van der Waals surface area (Å²) in [6.45, 7) is 2.45. The number of nitrogens with one attached hydrogen (secondary N) is 2. The minimum absolute atomic E-state index is 0.00861. The first kappa shape index (κ1) is 20.6. The Hall–Kier alpha value is -3.68. The van der Waals surface area contributed by atoms with Crippen LogP contribution in [0.25, 0.3) is 12.2 Å². The van der Waals surface area contributed by atoms with E-state index in [4.69, 9.17) is 4.42 Å². The number of carbonyl (C=O) groups is 2. The zero-order chi connectivity index (χ0) is 20.4. The molecule has 0 atom stereocenters.